The summed E-state index contributed by atoms with van der Waals surface area (Å²) in [6.07, 6.45) is 1.39. The molecule has 76 valence electrons. The second-order valence-electron chi connectivity index (χ2n) is 3.42. The zero-order valence-electron chi connectivity index (χ0n) is 8.19. The quantitative estimate of drug-likeness (QED) is 0.688. The van der Waals surface area contributed by atoms with Crippen LogP contribution in [0.1, 0.15) is 29.9 Å². The van der Waals surface area contributed by atoms with Crippen molar-refractivity contribution >= 4 is 5.78 Å². The van der Waals surface area contributed by atoms with Crippen LogP contribution in [0, 0.1) is 0 Å². The topological polar surface area (TPSA) is 70.4 Å². The van der Waals surface area contributed by atoms with Crippen LogP contribution in [0.4, 0.5) is 0 Å². The summed E-state index contributed by atoms with van der Waals surface area (Å²) in [5.74, 6) is -0.0762. The minimum absolute atomic E-state index is 0.0762. The van der Waals surface area contributed by atoms with Crippen molar-refractivity contribution < 1.29 is 15.0 Å². The van der Waals surface area contributed by atoms with E-state index < -0.39 is 12.2 Å². The van der Waals surface area contributed by atoms with Crippen molar-refractivity contribution in [3.63, 3.8) is 0 Å². The average molecular weight is 195 g/mol. The van der Waals surface area contributed by atoms with E-state index in [0.717, 1.165) is 0 Å². The highest BCUT2D eigenvalue weighted by atomic mass is 16.3. The summed E-state index contributed by atoms with van der Waals surface area (Å²) in [5.41, 5.74) is -0.512. The smallest absolute Gasteiger partial charge is 0.161 e. The van der Waals surface area contributed by atoms with Crippen LogP contribution in [-0.2, 0) is 5.60 Å². The van der Waals surface area contributed by atoms with Gasteiger partial charge in [0.05, 0.1) is 12.3 Å². The third-order valence-corrected chi connectivity index (χ3v) is 2.03. The lowest BCUT2D eigenvalue weighted by Gasteiger charge is -2.19. The summed E-state index contributed by atoms with van der Waals surface area (Å²) in [6, 6.07) is 3.11. The summed E-state index contributed by atoms with van der Waals surface area (Å²) in [5, 5.41) is 18.5. The van der Waals surface area contributed by atoms with Crippen LogP contribution in [-0.4, -0.2) is 27.6 Å². The van der Waals surface area contributed by atoms with Crippen LogP contribution in [0.2, 0.25) is 0 Å². The molecule has 0 bridgehead atoms. The Kier molecular flexibility index (Phi) is 2.98. The van der Waals surface area contributed by atoms with Gasteiger partial charge in [-0.15, -0.1) is 0 Å². The Morgan fingerprint density at radius 2 is 2.21 bits per heavy atom. The Bertz CT molecular complexity index is 330. The number of carbonyl (C=O) groups is 1. The third-order valence-electron chi connectivity index (χ3n) is 2.03. The SMILES string of the molecule is CC(=O)c1ccc([C@@](C)(O)CO)nc1. The molecule has 0 saturated carbocycles. The first-order valence-corrected chi connectivity index (χ1v) is 4.28. The molecule has 1 aromatic rings. The number of Topliss-reactive ketones (excluding diaryl/α,β-unsaturated/α-hetero) is 1. The molecule has 0 unspecified atom stereocenters. The molecule has 1 aromatic heterocycles. The van der Waals surface area contributed by atoms with Gasteiger partial charge in [0.25, 0.3) is 0 Å². The van der Waals surface area contributed by atoms with Crippen molar-refractivity contribution in [1.82, 2.24) is 4.98 Å². The predicted molar refractivity (Wildman–Crippen MR) is 50.9 cm³/mol. The van der Waals surface area contributed by atoms with Crippen LogP contribution < -0.4 is 0 Å². The molecular weight excluding hydrogens is 182 g/mol. The Morgan fingerprint density at radius 3 is 2.57 bits per heavy atom. The van der Waals surface area contributed by atoms with Gasteiger partial charge in [0.15, 0.2) is 5.78 Å². The van der Waals surface area contributed by atoms with Crippen molar-refractivity contribution in [2.75, 3.05) is 6.61 Å². The number of aliphatic hydroxyl groups is 2. The van der Waals surface area contributed by atoms with Crippen molar-refractivity contribution in [3.8, 4) is 0 Å². The molecule has 4 nitrogen and oxygen atoms in total. The van der Waals surface area contributed by atoms with Crippen molar-refractivity contribution in [2.24, 2.45) is 0 Å². The Labute approximate surface area is 82.2 Å². The summed E-state index contributed by atoms with van der Waals surface area (Å²) in [4.78, 5) is 14.8. The molecule has 0 aliphatic carbocycles. The molecule has 0 fully saturated rings. The Balaban J connectivity index is 2.99. The van der Waals surface area contributed by atoms with Crippen LogP contribution in [0.25, 0.3) is 0 Å². The summed E-state index contributed by atoms with van der Waals surface area (Å²) in [6.45, 7) is 2.50. The summed E-state index contributed by atoms with van der Waals surface area (Å²) >= 11 is 0. The fourth-order valence-electron chi connectivity index (χ4n) is 1.00. The largest absolute Gasteiger partial charge is 0.393 e. The van der Waals surface area contributed by atoms with Gasteiger partial charge in [-0.05, 0) is 26.0 Å². The first-order valence-electron chi connectivity index (χ1n) is 4.28. The molecule has 1 atom stereocenters. The third kappa shape index (κ3) is 2.16. The lowest BCUT2D eigenvalue weighted by Crippen LogP contribution is -2.27. The molecule has 2 N–H and O–H groups in total. The van der Waals surface area contributed by atoms with Crippen molar-refractivity contribution in [2.45, 2.75) is 19.4 Å². The van der Waals surface area contributed by atoms with Gasteiger partial charge >= 0.3 is 0 Å². The Hall–Kier alpha value is -1.26. The second kappa shape index (κ2) is 3.86. The molecule has 0 aliphatic rings. The number of nitrogens with zero attached hydrogens (tertiary/aromatic N) is 1. The number of ketones is 1. The van der Waals surface area contributed by atoms with Gasteiger partial charge in [-0.1, -0.05) is 0 Å². The van der Waals surface area contributed by atoms with E-state index in [9.17, 15) is 9.90 Å². The summed E-state index contributed by atoms with van der Waals surface area (Å²) < 4.78 is 0. The molecule has 0 aliphatic heterocycles. The number of aromatic nitrogens is 1. The highest BCUT2D eigenvalue weighted by Gasteiger charge is 2.23. The number of aliphatic hydroxyl groups excluding tert-OH is 1. The fraction of sp³-hybridized carbons (Fsp3) is 0.400. The summed E-state index contributed by atoms with van der Waals surface area (Å²) in [7, 11) is 0. The molecule has 0 saturated heterocycles. The van der Waals surface area contributed by atoms with E-state index in [4.69, 9.17) is 5.11 Å². The maximum atomic E-state index is 10.9. The molecular formula is C10H13NO3. The minimum atomic E-state index is -1.35. The van der Waals surface area contributed by atoms with Crippen LogP contribution >= 0.6 is 0 Å². The van der Waals surface area contributed by atoms with Crippen LogP contribution in [0.15, 0.2) is 18.3 Å². The molecule has 1 rings (SSSR count). The predicted octanol–water partition coefficient (Wildman–Crippen LogP) is 0.484. The number of hydrogen-bond acceptors (Lipinski definition) is 4. The van der Waals surface area contributed by atoms with E-state index in [0.29, 0.717) is 11.3 Å². The normalized spacial score (nSPS) is 14.9. The van der Waals surface area contributed by atoms with Crippen molar-refractivity contribution in [3.05, 3.63) is 29.6 Å². The van der Waals surface area contributed by atoms with E-state index in [1.165, 1.54) is 26.1 Å². The average Bonchev–Trinajstić information content (AvgIpc) is 2.18. The van der Waals surface area contributed by atoms with Gasteiger partial charge in [0.1, 0.15) is 5.60 Å². The second-order valence-corrected chi connectivity index (χ2v) is 3.42. The zero-order chi connectivity index (χ0) is 10.8. The number of pyridine rings is 1. The Morgan fingerprint density at radius 1 is 1.57 bits per heavy atom. The first-order chi connectivity index (χ1) is 6.47. The first kappa shape index (κ1) is 10.8. The maximum absolute atomic E-state index is 10.9. The fourth-order valence-corrected chi connectivity index (χ4v) is 1.00. The highest BCUT2D eigenvalue weighted by molar-refractivity contribution is 5.93. The monoisotopic (exact) mass is 195 g/mol. The molecule has 1 heterocycles. The van der Waals surface area contributed by atoms with E-state index in [2.05, 4.69) is 4.98 Å². The lowest BCUT2D eigenvalue weighted by atomic mass is 10.0. The minimum Gasteiger partial charge on any atom is -0.393 e. The highest BCUT2D eigenvalue weighted by Crippen LogP contribution is 2.17. The van der Waals surface area contributed by atoms with E-state index in [1.807, 2.05) is 0 Å². The molecule has 4 heteroatoms. The van der Waals surface area contributed by atoms with E-state index >= 15 is 0 Å². The van der Waals surface area contributed by atoms with Gasteiger partial charge in [-0.3, -0.25) is 9.78 Å². The zero-order valence-corrected chi connectivity index (χ0v) is 8.19. The van der Waals surface area contributed by atoms with E-state index in [-0.39, 0.29) is 5.78 Å². The maximum Gasteiger partial charge on any atom is 0.161 e. The van der Waals surface area contributed by atoms with Gasteiger partial charge in [-0.2, -0.15) is 0 Å². The van der Waals surface area contributed by atoms with Crippen molar-refractivity contribution in [1.29, 1.82) is 0 Å². The van der Waals surface area contributed by atoms with Crippen LogP contribution in [0.5, 0.6) is 0 Å². The molecule has 14 heavy (non-hydrogen) atoms. The van der Waals surface area contributed by atoms with Gasteiger partial charge in [-0.25, -0.2) is 0 Å². The lowest BCUT2D eigenvalue weighted by molar-refractivity contribution is -0.00587. The molecule has 0 radical (unpaired) electrons. The van der Waals surface area contributed by atoms with Gasteiger partial charge in [0.2, 0.25) is 0 Å². The van der Waals surface area contributed by atoms with E-state index in [1.54, 1.807) is 6.07 Å². The van der Waals surface area contributed by atoms with Gasteiger partial charge in [0, 0.05) is 11.8 Å². The van der Waals surface area contributed by atoms with Gasteiger partial charge < -0.3 is 10.2 Å². The standard InChI is InChI=1S/C10H13NO3/c1-7(13)8-3-4-9(11-5-8)10(2,14)6-12/h3-5,12,14H,6H2,1-2H3/t10-/m0/s1. The number of carbonyl (C=O) groups excluding carboxylic acids is 1. The number of hydrogen-bond donors (Lipinski definition) is 2. The molecule has 0 spiro atoms. The van der Waals surface area contributed by atoms with Crippen LogP contribution in [0.3, 0.4) is 0 Å². The molecule has 0 amide bonds. The molecule has 0 aromatic carbocycles. The number of rotatable bonds is 3.